The maximum atomic E-state index is 13.5. The first kappa shape index (κ1) is 22.2. The molecule has 162 valence electrons. The van der Waals surface area contributed by atoms with E-state index in [-0.39, 0.29) is 23.4 Å². The highest BCUT2D eigenvalue weighted by molar-refractivity contribution is 7.92. The molecule has 0 bridgehead atoms. The zero-order valence-electron chi connectivity index (χ0n) is 17.8. The first-order chi connectivity index (χ1) is 14.3. The van der Waals surface area contributed by atoms with E-state index in [4.69, 9.17) is 4.74 Å². The van der Waals surface area contributed by atoms with Crippen LogP contribution in [-0.2, 0) is 14.8 Å². The molecule has 3 rings (SSSR count). The van der Waals surface area contributed by atoms with Crippen LogP contribution in [0.4, 0.5) is 5.69 Å². The lowest BCUT2D eigenvalue weighted by molar-refractivity contribution is -0.120. The molecule has 1 saturated carbocycles. The van der Waals surface area contributed by atoms with Crippen molar-refractivity contribution in [2.45, 2.75) is 56.9 Å². The van der Waals surface area contributed by atoms with Gasteiger partial charge in [-0.05, 0) is 56.5 Å². The first-order valence-electron chi connectivity index (χ1n) is 10.3. The number of carbonyl (C=O) groups excluding carboxylic acids is 1. The second-order valence-corrected chi connectivity index (χ2v) is 9.76. The number of anilines is 1. The van der Waals surface area contributed by atoms with Crippen molar-refractivity contribution in [3.8, 4) is 5.75 Å². The number of nitrogens with zero attached hydrogens (tertiary/aromatic N) is 1. The minimum Gasteiger partial charge on any atom is -0.495 e. The Morgan fingerprint density at radius 3 is 2.30 bits per heavy atom. The number of carbonyl (C=O) groups is 1. The summed E-state index contributed by atoms with van der Waals surface area (Å²) in [5.74, 6) is 0.0999. The third-order valence-electron chi connectivity index (χ3n) is 5.47. The second kappa shape index (κ2) is 9.51. The molecule has 0 spiro atoms. The zero-order valence-corrected chi connectivity index (χ0v) is 18.7. The van der Waals surface area contributed by atoms with Crippen LogP contribution >= 0.6 is 0 Å². The maximum absolute atomic E-state index is 13.5. The molecule has 1 amide bonds. The average Bonchev–Trinajstić information content (AvgIpc) is 2.73. The van der Waals surface area contributed by atoms with Gasteiger partial charge in [-0.2, -0.15) is 0 Å². The molecule has 7 heteroatoms. The van der Waals surface area contributed by atoms with Gasteiger partial charge < -0.3 is 10.1 Å². The SMILES string of the molecule is COc1ccc(C)cc1N(CC(=O)NC1CCCCC1)S(=O)(=O)c1ccc(C)cc1. The Labute approximate surface area is 179 Å². The lowest BCUT2D eigenvalue weighted by atomic mass is 9.95. The number of hydrogen-bond donors (Lipinski definition) is 1. The highest BCUT2D eigenvalue weighted by atomic mass is 32.2. The summed E-state index contributed by atoms with van der Waals surface area (Å²) in [5.41, 5.74) is 2.20. The van der Waals surface area contributed by atoms with Gasteiger partial charge in [0.15, 0.2) is 0 Å². The molecule has 0 unspecified atom stereocenters. The van der Waals surface area contributed by atoms with Crippen LogP contribution in [0.25, 0.3) is 0 Å². The molecular formula is C23H30N2O4S. The molecule has 6 nitrogen and oxygen atoms in total. The monoisotopic (exact) mass is 430 g/mol. The van der Waals surface area contributed by atoms with E-state index in [2.05, 4.69) is 5.32 Å². The Kier molecular flexibility index (Phi) is 7.02. The second-order valence-electron chi connectivity index (χ2n) is 7.90. The fourth-order valence-electron chi connectivity index (χ4n) is 3.78. The lowest BCUT2D eigenvalue weighted by Gasteiger charge is -2.28. The van der Waals surface area contributed by atoms with E-state index in [9.17, 15) is 13.2 Å². The van der Waals surface area contributed by atoms with E-state index in [1.165, 1.54) is 13.5 Å². The number of amides is 1. The normalized spacial score (nSPS) is 14.9. The third-order valence-corrected chi connectivity index (χ3v) is 7.24. The Balaban J connectivity index is 1.97. The molecule has 0 radical (unpaired) electrons. The summed E-state index contributed by atoms with van der Waals surface area (Å²) in [6.07, 6.45) is 5.22. The standard InChI is InChI=1S/C23H30N2O4S/c1-17-9-12-20(13-10-17)30(27,28)25(21-15-18(2)11-14-22(21)29-3)16-23(26)24-19-7-5-4-6-8-19/h9-15,19H,4-8,16H2,1-3H3,(H,24,26). The molecule has 0 saturated heterocycles. The van der Waals surface area contributed by atoms with Gasteiger partial charge in [0, 0.05) is 6.04 Å². The fourth-order valence-corrected chi connectivity index (χ4v) is 5.21. The van der Waals surface area contributed by atoms with Crippen molar-refractivity contribution in [1.29, 1.82) is 0 Å². The van der Waals surface area contributed by atoms with E-state index in [1.54, 1.807) is 36.4 Å². The van der Waals surface area contributed by atoms with Gasteiger partial charge in [0.1, 0.15) is 12.3 Å². The fraction of sp³-hybridized carbons (Fsp3) is 0.435. The van der Waals surface area contributed by atoms with Crippen LogP contribution in [0.3, 0.4) is 0 Å². The minimum absolute atomic E-state index is 0.106. The molecule has 1 aliphatic carbocycles. The van der Waals surface area contributed by atoms with Crippen molar-refractivity contribution in [2.75, 3.05) is 18.0 Å². The summed E-state index contributed by atoms with van der Waals surface area (Å²) in [7, 11) is -2.47. The van der Waals surface area contributed by atoms with Crippen LogP contribution < -0.4 is 14.4 Å². The molecule has 0 aromatic heterocycles. The summed E-state index contributed by atoms with van der Waals surface area (Å²) in [5, 5.41) is 3.02. The smallest absolute Gasteiger partial charge is 0.264 e. The summed E-state index contributed by atoms with van der Waals surface area (Å²) < 4.78 is 33.7. The zero-order chi connectivity index (χ0) is 21.7. The number of ether oxygens (including phenoxy) is 1. The Morgan fingerprint density at radius 1 is 1.03 bits per heavy atom. The molecular weight excluding hydrogens is 400 g/mol. The number of aryl methyl sites for hydroxylation is 2. The number of methoxy groups -OCH3 is 1. The summed E-state index contributed by atoms with van der Waals surface area (Å²) in [6, 6.07) is 12.1. The Morgan fingerprint density at radius 2 is 1.67 bits per heavy atom. The summed E-state index contributed by atoms with van der Waals surface area (Å²) >= 11 is 0. The van der Waals surface area contributed by atoms with Crippen LogP contribution in [-0.4, -0.2) is 34.0 Å². The highest BCUT2D eigenvalue weighted by Gasteiger charge is 2.30. The van der Waals surface area contributed by atoms with Crippen LogP contribution in [0.5, 0.6) is 5.75 Å². The van der Waals surface area contributed by atoms with Crippen LogP contribution in [0.2, 0.25) is 0 Å². The summed E-state index contributed by atoms with van der Waals surface area (Å²) in [6.45, 7) is 3.48. The predicted octanol–water partition coefficient (Wildman–Crippen LogP) is 3.96. The van der Waals surface area contributed by atoms with E-state index in [0.29, 0.717) is 11.4 Å². The van der Waals surface area contributed by atoms with Crippen molar-refractivity contribution in [3.05, 3.63) is 53.6 Å². The largest absolute Gasteiger partial charge is 0.495 e. The van der Waals surface area contributed by atoms with Gasteiger partial charge in [-0.3, -0.25) is 9.10 Å². The van der Waals surface area contributed by atoms with Crippen molar-refractivity contribution >= 4 is 21.6 Å². The van der Waals surface area contributed by atoms with Crippen LogP contribution in [0.1, 0.15) is 43.2 Å². The van der Waals surface area contributed by atoms with Gasteiger partial charge >= 0.3 is 0 Å². The molecule has 0 aliphatic heterocycles. The average molecular weight is 431 g/mol. The van der Waals surface area contributed by atoms with Crippen LogP contribution in [0.15, 0.2) is 47.4 Å². The molecule has 30 heavy (non-hydrogen) atoms. The number of hydrogen-bond acceptors (Lipinski definition) is 4. The Bertz CT molecular complexity index is 981. The van der Waals surface area contributed by atoms with E-state index in [0.717, 1.165) is 41.1 Å². The number of sulfonamides is 1. The van der Waals surface area contributed by atoms with Gasteiger partial charge in [-0.15, -0.1) is 0 Å². The van der Waals surface area contributed by atoms with Gasteiger partial charge in [0.05, 0.1) is 17.7 Å². The van der Waals surface area contributed by atoms with Gasteiger partial charge in [-0.1, -0.05) is 43.0 Å². The summed E-state index contributed by atoms with van der Waals surface area (Å²) in [4.78, 5) is 13.0. The molecule has 0 heterocycles. The molecule has 2 aromatic rings. The number of nitrogens with one attached hydrogen (secondary N) is 1. The lowest BCUT2D eigenvalue weighted by Crippen LogP contribution is -2.45. The van der Waals surface area contributed by atoms with E-state index in [1.807, 2.05) is 19.9 Å². The molecule has 2 aromatic carbocycles. The predicted molar refractivity (Wildman–Crippen MR) is 118 cm³/mol. The number of benzene rings is 2. The van der Waals surface area contributed by atoms with E-state index >= 15 is 0 Å². The topological polar surface area (TPSA) is 75.7 Å². The highest BCUT2D eigenvalue weighted by Crippen LogP contribution is 2.33. The number of rotatable bonds is 7. The maximum Gasteiger partial charge on any atom is 0.264 e. The Hall–Kier alpha value is -2.54. The van der Waals surface area contributed by atoms with Gasteiger partial charge in [0.25, 0.3) is 10.0 Å². The minimum atomic E-state index is -3.96. The van der Waals surface area contributed by atoms with Crippen molar-refractivity contribution < 1.29 is 17.9 Å². The van der Waals surface area contributed by atoms with Crippen molar-refractivity contribution in [1.82, 2.24) is 5.32 Å². The van der Waals surface area contributed by atoms with Gasteiger partial charge in [-0.25, -0.2) is 8.42 Å². The first-order valence-corrected chi connectivity index (χ1v) is 11.8. The van der Waals surface area contributed by atoms with E-state index < -0.39 is 10.0 Å². The van der Waals surface area contributed by atoms with Crippen LogP contribution in [0, 0.1) is 13.8 Å². The quantitative estimate of drug-likeness (QED) is 0.722. The van der Waals surface area contributed by atoms with Gasteiger partial charge in [0.2, 0.25) is 5.91 Å². The molecule has 0 atom stereocenters. The van der Waals surface area contributed by atoms with Crippen molar-refractivity contribution in [3.63, 3.8) is 0 Å². The molecule has 1 N–H and O–H groups in total. The third kappa shape index (κ3) is 5.14. The molecule has 1 fully saturated rings. The molecule has 1 aliphatic rings. The van der Waals surface area contributed by atoms with Crippen molar-refractivity contribution in [2.24, 2.45) is 0 Å².